The molecule has 1 N–H and O–H groups in total. The van der Waals surface area contributed by atoms with Crippen LogP contribution in [0.25, 0.3) is 0 Å². The van der Waals surface area contributed by atoms with Gasteiger partial charge in [-0.15, -0.1) is 0 Å². The van der Waals surface area contributed by atoms with Crippen molar-refractivity contribution in [3.8, 4) is 0 Å². The number of benzene rings is 2. The standard InChI is InChI=1S/C25H32Cl2FN3O4S/c1-5-23(25(33)29-17(2)3)30(16-18-8-9-19(26)15-22(18)27)24(32)7-6-14-31(36(4,34)35)21-12-10-20(28)11-13-21/h8-13,15,17,23H,5-7,14,16H2,1-4H3,(H,29,33). The summed E-state index contributed by atoms with van der Waals surface area (Å²) in [4.78, 5) is 27.8. The molecule has 2 aromatic rings. The smallest absolute Gasteiger partial charge is 0.243 e. The van der Waals surface area contributed by atoms with E-state index in [1.165, 1.54) is 29.2 Å². The Hall–Kier alpha value is -2.36. The zero-order valence-corrected chi connectivity index (χ0v) is 23.1. The first-order chi connectivity index (χ1) is 16.8. The molecule has 2 rings (SSSR count). The van der Waals surface area contributed by atoms with Crippen LogP contribution in [0.5, 0.6) is 0 Å². The summed E-state index contributed by atoms with van der Waals surface area (Å²) in [6.07, 6.45) is 1.61. The predicted molar refractivity (Wildman–Crippen MR) is 142 cm³/mol. The maximum Gasteiger partial charge on any atom is 0.243 e. The van der Waals surface area contributed by atoms with Crippen molar-refractivity contribution in [2.75, 3.05) is 17.1 Å². The van der Waals surface area contributed by atoms with Crippen LogP contribution in [0.4, 0.5) is 10.1 Å². The third-order valence-corrected chi connectivity index (χ3v) is 7.22. The van der Waals surface area contributed by atoms with Crippen molar-refractivity contribution < 1.29 is 22.4 Å². The molecular weight excluding hydrogens is 528 g/mol. The molecule has 0 bridgehead atoms. The number of carbonyl (C=O) groups is 2. The first-order valence-electron chi connectivity index (χ1n) is 11.6. The SMILES string of the molecule is CCC(C(=O)NC(C)C)N(Cc1ccc(Cl)cc1Cl)C(=O)CCCN(c1ccc(F)cc1)S(C)(=O)=O. The normalized spacial score (nSPS) is 12.3. The van der Waals surface area contributed by atoms with E-state index >= 15 is 0 Å². The van der Waals surface area contributed by atoms with Gasteiger partial charge in [-0.1, -0.05) is 36.2 Å². The Morgan fingerprint density at radius 1 is 1.08 bits per heavy atom. The molecule has 0 fully saturated rings. The van der Waals surface area contributed by atoms with Gasteiger partial charge in [-0.05, 0) is 68.7 Å². The average Bonchev–Trinajstić information content (AvgIpc) is 2.77. The Morgan fingerprint density at radius 2 is 1.72 bits per heavy atom. The van der Waals surface area contributed by atoms with Crippen LogP contribution in [-0.2, 0) is 26.2 Å². The van der Waals surface area contributed by atoms with Crippen LogP contribution in [0, 0.1) is 5.82 Å². The third-order valence-electron chi connectivity index (χ3n) is 5.44. The molecule has 2 amide bonds. The largest absolute Gasteiger partial charge is 0.352 e. The molecule has 11 heteroatoms. The fourth-order valence-electron chi connectivity index (χ4n) is 3.74. The number of amides is 2. The number of sulfonamides is 1. The molecule has 0 radical (unpaired) electrons. The van der Waals surface area contributed by atoms with Crippen molar-refractivity contribution in [3.05, 3.63) is 63.9 Å². The zero-order chi connectivity index (χ0) is 27.0. The van der Waals surface area contributed by atoms with E-state index in [9.17, 15) is 22.4 Å². The molecule has 0 aliphatic heterocycles. The molecule has 0 aliphatic rings. The van der Waals surface area contributed by atoms with Crippen molar-refractivity contribution >= 4 is 50.7 Å². The van der Waals surface area contributed by atoms with Gasteiger partial charge in [0.25, 0.3) is 0 Å². The van der Waals surface area contributed by atoms with Crippen molar-refractivity contribution in [1.82, 2.24) is 10.2 Å². The van der Waals surface area contributed by atoms with E-state index in [4.69, 9.17) is 23.2 Å². The number of nitrogens with one attached hydrogen (secondary N) is 1. The van der Waals surface area contributed by atoms with Gasteiger partial charge in [0, 0.05) is 35.6 Å². The fourth-order valence-corrected chi connectivity index (χ4v) is 5.18. The second-order valence-corrected chi connectivity index (χ2v) is 11.5. The van der Waals surface area contributed by atoms with Gasteiger partial charge in [0.15, 0.2) is 0 Å². The first kappa shape index (κ1) is 29.9. The second kappa shape index (κ2) is 13.3. The van der Waals surface area contributed by atoms with Gasteiger partial charge in [0.1, 0.15) is 11.9 Å². The highest BCUT2D eigenvalue weighted by atomic mass is 35.5. The lowest BCUT2D eigenvalue weighted by Gasteiger charge is -2.32. The first-order valence-corrected chi connectivity index (χ1v) is 14.2. The molecule has 0 aliphatic carbocycles. The van der Waals surface area contributed by atoms with Gasteiger partial charge < -0.3 is 10.2 Å². The van der Waals surface area contributed by atoms with Gasteiger partial charge in [-0.2, -0.15) is 0 Å². The summed E-state index contributed by atoms with van der Waals surface area (Å²) in [5.74, 6) is -1.08. The molecule has 1 unspecified atom stereocenters. The average molecular weight is 561 g/mol. The van der Waals surface area contributed by atoms with Crippen molar-refractivity contribution in [2.24, 2.45) is 0 Å². The maximum atomic E-state index is 13.4. The monoisotopic (exact) mass is 559 g/mol. The lowest BCUT2D eigenvalue weighted by Crippen LogP contribution is -2.50. The van der Waals surface area contributed by atoms with E-state index < -0.39 is 21.9 Å². The van der Waals surface area contributed by atoms with Crippen LogP contribution in [0.3, 0.4) is 0 Å². The number of nitrogens with zero attached hydrogens (tertiary/aromatic N) is 2. The molecule has 1 atom stereocenters. The van der Waals surface area contributed by atoms with Gasteiger partial charge in [-0.25, -0.2) is 12.8 Å². The molecule has 0 spiro atoms. The third kappa shape index (κ3) is 8.64. The second-order valence-electron chi connectivity index (χ2n) is 8.76. The van der Waals surface area contributed by atoms with Crippen molar-refractivity contribution in [1.29, 1.82) is 0 Å². The summed E-state index contributed by atoms with van der Waals surface area (Å²) >= 11 is 12.3. The molecule has 198 valence electrons. The van der Waals surface area contributed by atoms with Crippen molar-refractivity contribution in [3.63, 3.8) is 0 Å². The molecule has 7 nitrogen and oxygen atoms in total. The Bertz CT molecular complexity index is 1160. The molecular formula is C25H32Cl2FN3O4S. The molecule has 36 heavy (non-hydrogen) atoms. The minimum absolute atomic E-state index is 0.0100. The van der Waals surface area contributed by atoms with E-state index in [1.807, 2.05) is 20.8 Å². The Kier molecular flexibility index (Phi) is 11.0. The molecule has 2 aromatic carbocycles. The number of hydrogen-bond donors (Lipinski definition) is 1. The van der Waals surface area contributed by atoms with E-state index in [2.05, 4.69) is 5.32 Å². The number of hydrogen-bond acceptors (Lipinski definition) is 4. The van der Waals surface area contributed by atoms with Gasteiger partial charge in [-0.3, -0.25) is 13.9 Å². The summed E-state index contributed by atoms with van der Waals surface area (Å²) in [5.41, 5.74) is 0.938. The van der Waals surface area contributed by atoms with Crippen LogP contribution in [0.2, 0.25) is 10.0 Å². The van der Waals surface area contributed by atoms with Crippen LogP contribution in [0.15, 0.2) is 42.5 Å². The van der Waals surface area contributed by atoms with Crippen molar-refractivity contribution in [2.45, 2.75) is 58.7 Å². The maximum absolute atomic E-state index is 13.4. The lowest BCUT2D eigenvalue weighted by atomic mass is 10.1. The summed E-state index contributed by atoms with van der Waals surface area (Å²) < 4.78 is 39.1. The highest BCUT2D eigenvalue weighted by Gasteiger charge is 2.29. The lowest BCUT2D eigenvalue weighted by molar-refractivity contribution is -0.141. The Labute approximate surface area is 222 Å². The molecule has 0 heterocycles. The van der Waals surface area contributed by atoms with Crippen LogP contribution in [0.1, 0.15) is 45.6 Å². The highest BCUT2D eigenvalue weighted by Crippen LogP contribution is 2.25. The Morgan fingerprint density at radius 3 is 2.25 bits per heavy atom. The number of halogens is 3. The van der Waals surface area contributed by atoms with E-state index in [1.54, 1.807) is 18.2 Å². The van der Waals surface area contributed by atoms with Gasteiger partial charge in [0.2, 0.25) is 21.8 Å². The number of anilines is 1. The number of rotatable bonds is 12. The van der Waals surface area contributed by atoms with E-state index in [-0.39, 0.29) is 43.8 Å². The van der Waals surface area contributed by atoms with Gasteiger partial charge in [0.05, 0.1) is 11.9 Å². The summed E-state index contributed by atoms with van der Waals surface area (Å²) in [5, 5.41) is 3.68. The summed E-state index contributed by atoms with van der Waals surface area (Å²) in [6.45, 7) is 5.59. The van der Waals surface area contributed by atoms with E-state index in [0.29, 0.717) is 27.7 Å². The zero-order valence-electron chi connectivity index (χ0n) is 20.8. The Balaban J connectivity index is 2.25. The number of carbonyl (C=O) groups excluding carboxylic acids is 2. The van der Waals surface area contributed by atoms with Gasteiger partial charge >= 0.3 is 0 Å². The minimum Gasteiger partial charge on any atom is -0.352 e. The quantitative estimate of drug-likeness (QED) is 0.396. The van der Waals surface area contributed by atoms with Crippen LogP contribution in [-0.4, -0.2) is 50.0 Å². The summed E-state index contributed by atoms with van der Waals surface area (Å²) in [6, 6.07) is 9.18. The minimum atomic E-state index is -3.66. The molecule has 0 saturated carbocycles. The summed E-state index contributed by atoms with van der Waals surface area (Å²) in [7, 11) is -3.66. The molecule has 0 saturated heterocycles. The fraction of sp³-hybridized carbons (Fsp3) is 0.440. The predicted octanol–water partition coefficient (Wildman–Crippen LogP) is 5.01. The van der Waals surface area contributed by atoms with Crippen LogP contribution < -0.4 is 9.62 Å². The topological polar surface area (TPSA) is 86.8 Å². The van der Waals surface area contributed by atoms with E-state index in [0.717, 1.165) is 10.6 Å². The molecule has 0 aromatic heterocycles. The highest BCUT2D eigenvalue weighted by molar-refractivity contribution is 7.92. The van der Waals surface area contributed by atoms with Crippen LogP contribution >= 0.6 is 23.2 Å².